The molecule has 22 heavy (non-hydrogen) atoms. The number of hydrogen-bond donors (Lipinski definition) is 2. The summed E-state index contributed by atoms with van der Waals surface area (Å²) in [6, 6.07) is 3.86. The van der Waals surface area contributed by atoms with Gasteiger partial charge >= 0.3 is 0 Å². The molecular formula is C16H19N3O2S. The van der Waals surface area contributed by atoms with Gasteiger partial charge in [-0.1, -0.05) is 0 Å². The highest BCUT2D eigenvalue weighted by molar-refractivity contribution is 7.08. The summed E-state index contributed by atoms with van der Waals surface area (Å²) in [6.45, 7) is 2.93. The molecule has 1 aliphatic heterocycles. The number of amides is 1. The molecule has 0 radical (unpaired) electrons. The van der Waals surface area contributed by atoms with Crippen LogP contribution in [0, 0.1) is 0 Å². The third kappa shape index (κ3) is 3.45. The molecule has 2 N–H and O–H groups in total. The Morgan fingerprint density at radius 1 is 1.45 bits per heavy atom. The molecule has 1 aliphatic rings. The topological polar surface area (TPSA) is 63.2 Å². The second kappa shape index (κ2) is 6.89. The number of carbonyl (C=O) groups is 1. The van der Waals surface area contributed by atoms with E-state index in [0.29, 0.717) is 11.3 Å². The predicted molar refractivity (Wildman–Crippen MR) is 88.6 cm³/mol. The van der Waals surface area contributed by atoms with Crippen LogP contribution in [0.1, 0.15) is 30.1 Å². The SMILES string of the molecule is C[C@@H](Nc1ccncc1NC(=O)c1ccsc1)[C@@H]1CCCO1. The fourth-order valence-electron chi connectivity index (χ4n) is 2.54. The molecular weight excluding hydrogens is 298 g/mol. The number of nitrogens with zero attached hydrogens (tertiary/aromatic N) is 1. The van der Waals surface area contributed by atoms with Crippen molar-refractivity contribution in [2.75, 3.05) is 17.2 Å². The molecule has 2 atom stereocenters. The zero-order chi connectivity index (χ0) is 15.4. The van der Waals surface area contributed by atoms with Crippen LogP contribution in [0.25, 0.3) is 0 Å². The third-order valence-corrected chi connectivity index (χ3v) is 4.44. The Kier molecular flexibility index (Phi) is 4.70. The molecule has 1 amide bonds. The lowest BCUT2D eigenvalue weighted by molar-refractivity contribution is 0.0997. The van der Waals surface area contributed by atoms with Crippen LogP contribution in [0.2, 0.25) is 0 Å². The Hall–Kier alpha value is -1.92. The van der Waals surface area contributed by atoms with Gasteiger partial charge in [-0.15, -0.1) is 0 Å². The Bertz CT molecular complexity index is 624. The maximum atomic E-state index is 12.2. The molecule has 2 aromatic heterocycles. The van der Waals surface area contributed by atoms with Crippen molar-refractivity contribution in [2.45, 2.75) is 31.9 Å². The number of carbonyl (C=O) groups excluding carboxylic acids is 1. The molecule has 0 spiro atoms. The second-order valence-corrected chi connectivity index (χ2v) is 6.15. The fourth-order valence-corrected chi connectivity index (χ4v) is 3.18. The first-order valence-corrected chi connectivity index (χ1v) is 8.34. The van der Waals surface area contributed by atoms with E-state index >= 15 is 0 Å². The highest BCUT2D eigenvalue weighted by Gasteiger charge is 2.23. The number of nitrogens with one attached hydrogen (secondary N) is 2. The molecule has 116 valence electrons. The van der Waals surface area contributed by atoms with E-state index < -0.39 is 0 Å². The van der Waals surface area contributed by atoms with Crippen molar-refractivity contribution in [1.82, 2.24) is 4.98 Å². The highest BCUT2D eigenvalue weighted by atomic mass is 32.1. The molecule has 1 fully saturated rings. The van der Waals surface area contributed by atoms with Gasteiger partial charge in [0.05, 0.1) is 29.2 Å². The summed E-state index contributed by atoms with van der Waals surface area (Å²) >= 11 is 1.50. The highest BCUT2D eigenvalue weighted by Crippen LogP contribution is 2.25. The molecule has 0 aliphatic carbocycles. The van der Waals surface area contributed by atoms with Crippen LogP contribution in [0.5, 0.6) is 0 Å². The number of hydrogen-bond acceptors (Lipinski definition) is 5. The molecule has 2 aromatic rings. The van der Waals surface area contributed by atoms with Crippen LogP contribution in [-0.2, 0) is 4.74 Å². The smallest absolute Gasteiger partial charge is 0.256 e. The van der Waals surface area contributed by atoms with Crippen LogP contribution < -0.4 is 10.6 Å². The van der Waals surface area contributed by atoms with Crippen molar-refractivity contribution in [1.29, 1.82) is 0 Å². The first-order chi connectivity index (χ1) is 10.7. The lowest BCUT2D eigenvalue weighted by Crippen LogP contribution is -2.30. The van der Waals surface area contributed by atoms with E-state index in [4.69, 9.17) is 4.74 Å². The average Bonchev–Trinajstić information content (AvgIpc) is 3.23. The van der Waals surface area contributed by atoms with E-state index in [1.54, 1.807) is 18.5 Å². The van der Waals surface area contributed by atoms with Crippen molar-refractivity contribution in [2.24, 2.45) is 0 Å². The van der Waals surface area contributed by atoms with Gasteiger partial charge in [0.25, 0.3) is 5.91 Å². The number of ether oxygens (including phenoxy) is 1. The van der Waals surface area contributed by atoms with E-state index in [0.717, 1.165) is 25.1 Å². The summed E-state index contributed by atoms with van der Waals surface area (Å²) in [4.78, 5) is 16.3. The Morgan fingerprint density at radius 2 is 2.36 bits per heavy atom. The summed E-state index contributed by atoms with van der Waals surface area (Å²) in [5, 5.41) is 10.0. The van der Waals surface area contributed by atoms with Crippen molar-refractivity contribution in [3.8, 4) is 0 Å². The summed E-state index contributed by atoms with van der Waals surface area (Å²) in [6.07, 6.45) is 5.76. The molecule has 3 rings (SSSR count). The third-order valence-electron chi connectivity index (χ3n) is 3.76. The van der Waals surface area contributed by atoms with Crippen molar-refractivity contribution >= 4 is 28.6 Å². The van der Waals surface area contributed by atoms with Gasteiger partial charge in [-0.2, -0.15) is 11.3 Å². The maximum absolute atomic E-state index is 12.2. The van der Waals surface area contributed by atoms with Crippen molar-refractivity contribution in [3.63, 3.8) is 0 Å². The van der Waals surface area contributed by atoms with Crippen molar-refractivity contribution in [3.05, 3.63) is 40.8 Å². The van der Waals surface area contributed by atoms with Gasteiger partial charge in [0.1, 0.15) is 0 Å². The minimum absolute atomic E-state index is 0.123. The largest absolute Gasteiger partial charge is 0.378 e. The van der Waals surface area contributed by atoms with Crippen LogP contribution in [0.3, 0.4) is 0 Å². The summed E-state index contributed by atoms with van der Waals surface area (Å²) < 4.78 is 5.70. The Morgan fingerprint density at radius 3 is 3.09 bits per heavy atom. The second-order valence-electron chi connectivity index (χ2n) is 5.37. The summed E-state index contributed by atoms with van der Waals surface area (Å²) in [7, 11) is 0. The van der Waals surface area contributed by atoms with Gasteiger partial charge in [0.15, 0.2) is 0 Å². The molecule has 3 heterocycles. The van der Waals surface area contributed by atoms with E-state index in [1.807, 2.05) is 16.8 Å². The van der Waals surface area contributed by atoms with Crippen LogP contribution in [-0.4, -0.2) is 29.6 Å². The van der Waals surface area contributed by atoms with Crippen molar-refractivity contribution < 1.29 is 9.53 Å². The molecule has 0 aromatic carbocycles. The molecule has 5 nitrogen and oxygen atoms in total. The number of anilines is 2. The average molecular weight is 317 g/mol. The molecule has 0 saturated carbocycles. The number of pyridine rings is 1. The van der Waals surface area contributed by atoms with E-state index in [1.165, 1.54) is 11.3 Å². The van der Waals surface area contributed by atoms with E-state index in [2.05, 4.69) is 22.5 Å². The predicted octanol–water partition coefficient (Wildman–Crippen LogP) is 3.37. The number of aromatic nitrogens is 1. The normalized spacial score (nSPS) is 18.9. The minimum atomic E-state index is -0.123. The van der Waals surface area contributed by atoms with Gasteiger partial charge in [0.2, 0.25) is 0 Å². The first-order valence-electron chi connectivity index (χ1n) is 7.40. The molecule has 0 bridgehead atoms. The summed E-state index contributed by atoms with van der Waals surface area (Å²) in [5.74, 6) is -0.123. The maximum Gasteiger partial charge on any atom is 0.256 e. The monoisotopic (exact) mass is 317 g/mol. The van der Waals surface area contributed by atoms with Gasteiger partial charge in [-0.3, -0.25) is 9.78 Å². The zero-order valence-electron chi connectivity index (χ0n) is 12.4. The van der Waals surface area contributed by atoms with E-state index in [9.17, 15) is 4.79 Å². The lowest BCUT2D eigenvalue weighted by atomic mass is 10.1. The number of thiophene rings is 1. The van der Waals surface area contributed by atoms with Crippen LogP contribution in [0.15, 0.2) is 35.3 Å². The zero-order valence-corrected chi connectivity index (χ0v) is 13.2. The Labute approximate surface area is 133 Å². The van der Waals surface area contributed by atoms with Gasteiger partial charge in [-0.05, 0) is 37.3 Å². The quantitative estimate of drug-likeness (QED) is 0.887. The van der Waals surface area contributed by atoms with Gasteiger partial charge in [0, 0.05) is 24.2 Å². The lowest BCUT2D eigenvalue weighted by Gasteiger charge is -2.22. The Balaban J connectivity index is 1.70. The molecule has 6 heteroatoms. The van der Waals surface area contributed by atoms with Gasteiger partial charge < -0.3 is 15.4 Å². The first kappa shape index (κ1) is 15.0. The standard InChI is InChI=1S/C16H19N3O2S/c1-11(15-3-2-7-21-15)18-13-4-6-17-9-14(13)19-16(20)12-5-8-22-10-12/h4-6,8-11,15H,2-3,7H2,1H3,(H,17,18)(H,19,20)/t11-,15+/m1/s1. The number of rotatable bonds is 5. The van der Waals surface area contributed by atoms with Gasteiger partial charge in [-0.25, -0.2) is 0 Å². The van der Waals surface area contributed by atoms with E-state index in [-0.39, 0.29) is 18.1 Å². The van der Waals surface area contributed by atoms with Crippen LogP contribution >= 0.6 is 11.3 Å². The summed E-state index contributed by atoms with van der Waals surface area (Å²) in [5.41, 5.74) is 2.21. The molecule has 0 unspecified atom stereocenters. The minimum Gasteiger partial charge on any atom is -0.378 e. The van der Waals surface area contributed by atoms with Crippen LogP contribution in [0.4, 0.5) is 11.4 Å². The molecule has 1 saturated heterocycles. The fraction of sp³-hybridized carbons (Fsp3) is 0.375.